The summed E-state index contributed by atoms with van der Waals surface area (Å²) in [6.07, 6.45) is 0.972. The maximum Gasteiger partial charge on any atom is 0.235 e. The summed E-state index contributed by atoms with van der Waals surface area (Å²) in [5, 5.41) is 12.9. The van der Waals surface area contributed by atoms with E-state index in [1.54, 1.807) is 51.3 Å². The van der Waals surface area contributed by atoms with Crippen LogP contribution in [0.3, 0.4) is 0 Å². The summed E-state index contributed by atoms with van der Waals surface area (Å²) < 4.78 is 103. The van der Waals surface area contributed by atoms with Crippen molar-refractivity contribution in [1.29, 1.82) is 0 Å². The Labute approximate surface area is 881 Å². The smallest absolute Gasteiger partial charge is 0.235 e. The molecule has 0 saturated carbocycles. The van der Waals surface area contributed by atoms with E-state index in [9.17, 15) is 26.5 Å². The van der Waals surface area contributed by atoms with Gasteiger partial charge in [0.15, 0.2) is 23.1 Å². The molecule has 0 aliphatic rings. The predicted octanol–water partition coefficient (Wildman–Crippen LogP) is 34.1. The highest BCUT2D eigenvalue weighted by atomic mass is 32.2. The number of hydrogen-bond acceptors (Lipinski definition) is 15. The molecule has 0 heterocycles. The van der Waals surface area contributed by atoms with E-state index < -0.39 is 26.1 Å². The van der Waals surface area contributed by atoms with Gasteiger partial charge in [0.1, 0.15) is 34.6 Å². The second-order valence-electron chi connectivity index (χ2n) is 41.7. The predicted molar refractivity (Wildman–Crippen MR) is 616 cm³/mol. The van der Waals surface area contributed by atoms with Gasteiger partial charge in [-0.3, -0.25) is 8.93 Å². The first-order chi connectivity index (χ1) is 67.2. The van der Waals surface area contributed by atoms with Crippen molar-refractivity contribution in [3.05, 3.63) is 290 Å². The van der Waals surface area contributed by atoms with Gasteiger partial charge in [0.25, 0.3) is 0 Å². The van der Waals surface area contributed by atoms with Crippen LogP contribution in [0, 0.1) is 18.6 Å². The lowest BCUT2D eigenvalue weighted by atomic mass is 9.98. The molecule has 0 radical (unpaired) electrons. The fourth-order valence-corrected chi connectivity index (χ4v) is 16.3. The topological polar surface area (TPSA) is 189 Å². The summed E-state index contributed by atoms with van der Waals surface area (Å²) in [6.45, 7) is 81.6. The van der Waals surface area contributed by atoms with Gasteiger partial charge >= 0.3 is 0 Å². The van der Waals surface area contributed by atoms with E-state index in [4.69, 9.17) is 38.9 Å². The van der Waals surface area contributed by atoms with Crippen LogP contribution < -0.4 is 48.9 Å². The maximum absolute atomic E-state index is 13.5. The largest absolute Gasteiger partial charge is 0.504 e. The number of methoxy groups -OCH3 is 1. The molecule has 1 atom stereocenters. The van der Waals surface area contributed by atoms with E-state index in [1.807, 2.05) is 163 Å². The number of nitrogens with zero attached hydrogens (tertiary/aromatic N) is 1. The van der Waals surface area contributed by atoms with Gasteiger partial charge in [-0.05, 0) is 336 Å². The highest BCUT2D eigenvalue weighted by molar-refractivity contribution is 7.99. The highest BCUT2D eigenvalue weighted by Crippen LogP contribution is 2.35. The number of nitrogens with one attached hydrogen (secondary N) is 2. The number of ether oxygens (including phenoxy) is 7. The molecule has 0 fully saturated rings. The molecule has 10 aromatic carbocycles. The molecule has 15 nitrogen and oxygen atoms in total. The number of anilines is 1. The van der Waals surface area contributed by atoms with E-state index in [0.29, 0.717) is 94.6 Å². The number of phenols is 1. The Hall–Kier alpha value is -9.41. The Balaban J connectivity index is 0.000000801. The van der Waals surface area contributed by atoms with Crippen molar-refractivity contribution in [2.24, 2.45) is 5.73 Å². The molecule has 10 aromatic rings. The van der Waals surface area contributed by atoms with E-state index in [2.05, 4.69) is 291 Å². The summed E-state index contributed by atoms with van der Waals surface area (Å²) in [7, 11) is 3.59. The number of phenolic OH excluding ortho intramolecular Hbond substituents is 1. The van der Waals surface area contributed by atoms with E-state index >= 15 is 0 Å². The summed E-state index contributed by atoms with van der Waals surface area (Å²) in [5.41, 5.74) is 23.5. The van der Waals surface area contributed by atoms with Crippen molar-refractivity contribution in [3.63, 3.8) is 0 Å². The Bertz CT molecular complexity index is 5290. The van der Waals surface area contributed by atoms with Gasteiger partial charge in [0, 0.05) is 68.4 Å². The minimum atomic E-state index is -3.23. The molecule has 804 valence electrons. The second-order valence-corrected chi connectivity index (χ2v) is 47.6. The number of thioether (sulfide) groups is 1. The number of sulfonamides is 1. The average molecular weight is 2050 g/mol. The second kappa shape index (κ2) is 68.9. The van der Waals surface area contributed by atoms with Crippen LogP contribution in [0.2, 0.25) is 0 Å². The van der Waals surface area contributed by atoms with Crippen LogP contribution >= 0.6 is 11.8 Å². The fraction of sp³-hybridized carbons (Fsp3) is 0.516. The third kappa shape index (κ3) is 52.8. The number of aryl methyl sites for hydroxylation is 1. The summed E-state index contributed by atoms with van der Waals surface area (Å²) in [5.74, 6) is 10.0. The van der Waals surface area contributed by atoms with E-state index in [1.165, 1.54) is 78.2 Å². The molecule has 144 heavy (non-hydrogen) atoms. The summed E-state index contributed by atoms with van der Waals surface area (Å²) in [4.78, 5) is 4.48. The van der Waals surface area contributed by atoms with Crippen molar-refractivity contribution in [2.75, 3.05) is 39.6 Å². The number of halogens is 2. The van der Waals surface area contributed by atoms with Gasteiger partial charge in [0.2, 0.25) is 10.0 Å². The zero-order valence-electron chi connectivity index (χ0n) is 96.3. The highest BCUT2D eigenvalue weighted by Gasteiger charge is 2.19. The van der Waals surface area contributed by atoms with E-state index in [0.717, 1.165) is 57.7 Å². The van der Waals surface area contributed by atoms with E-state index in [-0.39, 0.29) is 59.1 Å². The first-order valence-corrected chi connectivity index (χ1v) is 55.7. The first-order valence-electron chi connectivity index (χ1n) is 52.0. The average Bonchev–Trinajstić information content (AvgIpc) is 0.849. The molecule has 0 amide bonds. The molecular formula is C124H190F2N4O11S3. The first kappa shape index (κ1) is 133. The Kier molecular flexibility index (Phi) is 63.5. The summed E-state index contributed by atoms with van der Waals surface area (Å²) >= 11 is 1.92. The monoisotopic (exact) mass is 2050 g/mol. The Morgan fingerprint density at radius 3 is 1.10 bits per heavy atom. The van der Waals surface area contributed by atoms with Crippen molar-refractivity contribution in [1.82, 2.24) is 10.2 Å². The van der Waals surface area contributed by atoms with Crippen LogP contribution in [0.1, 0.15) is 393 Å². The van der Waals surface area contributed by atoms with Crippen molar-refractivity contribution in [3.8, 4) is 46.0 Å². The fourth-order valence-electron chi connectivity index (χ4n) is 13.8. The zero-order valence-corrected chi connectivity index (χ0v) is 98.8. The molecule has 0 aliphatic heterocycles. The quantitative estimate of drug-likeness (QED) is 0.0274. The third-order valence-electron chi connectivity index (χ3n) is 22.0. The molecule has 0 spiro atoms. The number of hydrogen-bond donors (Lipinski definition) is 4. The minimum Gasteiger partial charge on any atom is -0.504 e. The molecule has 0 bridgehead atoms. The minimum absolute atomic E-state index is 0.0827. The van der Waals surface area contributed by atoms with Crippen LogP contribution in [0.25, 0.3) is 0 Å². The van der Waals surface area contributed by atoms with Gasteiger partial charge in [-0.1, -0.05) is 263 Å². The molecule has 20 heteroatoms. The van der Waals surface area contributed by atoms with Crippen LogP contribution in [-0.2, 0) is 40.5 Å². The van der Waals surface area contributed by atoms with Gasteiger partial charge in [0.05, 0.1) is 60.3 Å². The van der Waals surface area contributed by atoms with Gasteiger partial charge < -0.3 is 54.2 Å². The molecule has 0 aromatic heterocycles. The standard InChI is InChI=1S/C15H25NO.C14H23NO.C13H21NO.C13H20O.C12H17FO.C12H19NO2S.C12H18OS.C12H18S.C11H15FO.C10H14O2/c1-11(2)13-7-8-15(17-12(3)4)14(9-13)10-16(5)6;1-10(2)12-6-7-14(16-11(3)4)13(8-12)9-15-5;1-9(2)11-5-6-13(15-10(3)4)12(7-11)8-14;1-9(2)13-7-6-12(8-11(13)5)14-10(3)4;1-8(2)11-6-5-10(7-12(11)13)14-9(3)4;1-9(2)11-5-7-12(8-6-11)13-16(14,15)10(3)4;1-9(2)11-5-7-12(8-6-11)14(13)10(3)4;1-9(2)11-5-7-12(8-6-11)13-10(3)4;1-4-13-11-6-5-9(8(2)3)7-10(11)12;1-7(2)8-4-5-9(11)10(6-8)12-3/h7-9,11-12H,10H2,1-6H3;6-8,10-11,15H,9H2,1-5H3;5-7,9-10H,8,14H2,1-4H3;6-10H,1-5H3;5-9H,1-4H3;5-10,13H,1-4H3;5-10H,1-4H3;5-10H,1-4H3;5-8H,4H2,1-3H3;4-7,11H,1-3H3. The Morgan fingerprint density at radius 1 is 0.396 bits per heavy atom. The van der Waals surface area contributed by atoms with Crippen LogP contribution in [-0.4, -0.2) is 104 Å². The summed E-state index contributed by atoms with van der Waals surface area (Å²) in [6, 6.07) is 65.8. The van der Waals surface area contributed by atoms with Gasteiger partial charge in [-0.25, -0.2) is 17.2 Å². The normalized spacial score (nSPS) is 11.4. The lowest BCUT2D eigenvalue weighted by molar-refractivity contribution is 0.236. The van der Waals surface area contributed by atoms with Gasteiger partial charge in [-0.2, -0.15) is 0 Å². The van der Waals surface area contributed by atoms with Crippen LogP contribution in [0.15, 0.2) is 210 Å². The molecular weight excluding hydrogens is 1860 g/mol. The number of nitrogens with two attached hydrogens (primary N) is 1. The van der Waals surface area contributed by atoms with Crippen molar-refractivity contribution in [2.45, 2.75) is 398 Å². The number of aromatic hydroxyl groups is 1. The molecule has 10 rings (SSSR count). The van der Waals surface area contributed by atoms with Crippen molar-refractivity contribution < 1.29 is 59.7 Å². The SMILES string of the molecule is CC(C)Oc1ccc(C(C)C)c(F)c1.CC(C)Oc1ccc(C(C)C)cc1CN.CC(C)Oc1ccc(C(C)C)cc1CN(C)C.CC(C)Sc1ccc(C(C)C)cc1.CC(C)c1ccc(NS(=O)(=O)C(C)C)cc1.CC(C)c1ccc(S(=O)C(C)C)cc1.CCOc1ccc(C(C)C)cc1F.CNCc1cc(C(C)C)ccc1OC(C)C.COc1cc(C(C)C)ccc1O.Cc1cc(OC(C)C)ccc1C(C)C. The Morgan fingerprint density at radius 2 is 0.750 bits per heavy atom. The third-order valence-corrected chi connectivity index (χ3v) is 26.4. The number of benzene rings is 10. The van der Waals surface area contributed by atoms with Gasteiger partial charge in [-0.15, -0.1) is 11.8 Å². The van der Waals surface area contributed by atoms with Crippen LogP contribution in [0.4, 0.5) is 14.5 Å². The maximum atomic E-state index is 13.5. The molecule has 0 aliphatic carbocycles. The van der Waals surface area contributed by atoms with Crippen molar-refractivity contribution >= 4 is 38.3 Å². The number of rotatable bonds is 35. The lowest BCUT2D eigenvalue weighted by Crippen LogP contribution is -2.22. The molecule has 5 N–H and O–H groups in total. The molecule has 1 unspecified atom stereocenters. The lowest BCUT2D eigenvalue weighted by Gasteiger charge is -2.19. The zero-order chi connectivity index (χ0) is 110. The van der Waals surface area contributed by atoms with Crippen LogP contribution in [0.5, 0.6) is 46.0 Å². The molecule has 0 saturated heterocycles.